The zero-order valence-corrected chi connectivity index (χ0v) is 13.4. The van der Waals surface area contributed by atoms with E-state index in [1.165, 1.54) is 11.3 Å². The van der Waals surface area contributed by atoms with Crippen LogP contribution in [0.25, 0.3) is 0 Å². The standard InChI is InChI=1S/C15H21NO3S/c1-6-19-13(18)9-7-8-20-12(9)16-11(17)10-14(2,3)15(10,4)5/h7-8,10H,6H2,1-5H3,(H,16,17). The first kappa shape index (κ1) is 15.0. The molecule has 2 rings (SSSR count). The molecule has 0 saturated heterocycles. The summed E-state index contributed by atoms with van der Waals surface area (Å²) in [5, 5.41) is 5.24. The minimum Gasteiger partial charge on any atom is -0.462 e. The number of hydrogen-bond donors (Lipinski definition) is 1. The predicted molar refractivity (Wildman–Crippen MR) is 80.0 cm³/mol. The highest BCUT2D eigenvalue weighted by molar-refractivity contribution is 7.14. The minimum absolute atomic E-state index is 0.0154. The van der Waals surface area contributed by atoms with Crippen LogP contribution in [0.4, 0.5) is 5.00 Å². The first-order chi connectivity index (χ1) is 9.23. The number of nitrogens with one attached hydrogen (secondary N) is 1. The Bertz CT molecular complexity index is 531. The summed E-state index contributed by atoms with van der Waals surface area (Å²) >= 11 is 1.34. The lowest BCUT2D eigenvalue weighted by atomic mass is 10.0. The van der Waals surface area contributed by atoms with Crippen LogP contribution in [0.2, 0.25) is 0 Å². The maximum Gasteiger partial charge on any atom is 0.341 e. The quantitative estimate of drug-likeness (QED) is 0.864. The van der Waals surface area contributed by atoms with Crippen LogP contribution < -0.4 is 5.32 Å². The van der Waals surface area contributed by atoms with E-state index in [9.17, 15) is 9.59 Å². The normalized spacial score (nSPS) is 19.4. The summed E-state index contributed by atoms with van der Waals surface area (Å²) in [6.07, 6.45) is 0. The van der Waals surface area contributed by atoms with E-state index >= 15 is 0 Å². The summed E-state index contributed by atoms with van der Waals surface area (Å²) in [5.41, 5.74) is 0.401. The molecule has 110 valence electrons. The van der Waals surface area contributed by atoms with Gasteiger partial charge in [0.2, 0.25) is 5.91 Å². The summed E-state index contributed by atoms with van der Waals surface area (Å²) in [6, 6.07) is 1.68. The van der Waals surface area contributed by atoms with Crippen LogP contribution in [0.1, 0.15) is 45.0 Å². The molecule has 0 atom stereocenters. The van der Waals surface area contributed by atoms with E-state index in [0.29, 0.717) is 17.2 Å². The Morgan fingerprint density at radius 3 is 2.40 bits per heavy atom. The Labute approximate surface area is 123 Å². The van der Waals surface area contributed by atoms with E-state index < -0.39 is 5.97 Å². The molecule has 0 unspecified atom stereocenters. The molecule has 0 spiro atoms. The fraction of sp³-hybridized carbons (Fsp3) is 0.600. The zero-order chi connectivity index (χ0) is 15.1. The second-order valence-corrected chi connectivity index (χ2v) is 7.17. The molecule has 1 aliphatic carbocycles. The number of rotatable bonds is 4. The van der Waals surface area contributed by atoms with Crippen molar-refractivity contribution >= 4 is 28.2 Å². The van der Waals surface area contributed by atoms with Gasteiger partial charge in [-0.25, -0.2) is 4.79 Å². The molecule has 0 aromatic carbocycles. The van der Waals surface area contributed by atoms with Crippen molar-refractivity contribution in [2.24, 2.45) is 16.7 Å². The Morgan fingerprint density at radius 2 is 1.90 bits per heavy atom. The van der Waals surface area contributed by atoms with E-state index in [0.717, 1.165) is 0 Å². The molecule has 1 fully saturated rings. The number of carbonyl (C=O) groups excluding carboxylic acids is 2. The molecule has 1 aromatic heterocycles. The van der Waals surface area contributed by atoms with Crippen molar-refractivity contribution in [3.05, 3.63) is 17.0 Å². The van der Waals surface area contributed by atoms with Gasteiger partial charge in [0, 0.05) is 5.92 Å². The maximum atomic E-state index is 12.4. The van der Waals surface area contributed by atoms with E-state index in [1.807, 2.05) is 0 Å². The molecule has 5 heteroatoms. The van der Waals surface area contributed by atoms with Gasteiger partial charge < -0.3 is 10.1 Å². The van der Waals surface area contributed by atoms with Crippen LogP contribution in [0.15, 0.2) is 11.4 Å². The number of esters is 1. The number of carbonyl (C=O) groups is 2. The highest BCUT2D eigenvalue weighted by Gasteiger charge is 2.68. The monoisotopic (exact) mass is 295 g/mol. The number of hydrogen-bond acceptors (Lipinski definition) is 4. The fourth-order valence-electron chi connectivity index (χ4n) is 2.81. The van der Waals surface area contributed by atoms with Crippen LogP contribution in [0.3, 0.4) is 0 Å². The van der Waals surface area contributed by atoms with Crippen molar-refractivity contribution in [3.8, 4) is 0 Å². The van der Waals surface area contributed by atoms with Crippen molar-refractivity contribution in [1.29, 1.82) is 0 Å². The van der Waals surface area contributed by atoms with Crippen molar-refractivity contribution in [1.82, 2.24) is 0 Å². The molecule has 1 saturated carbocycles. The Kier molecular flexibility index (Phi) is 3.67. The molecule has 1 heterocycles. The summed E-state index contributed by atoms with van der Waals surface area (Å²) in [4.78, 5) is 24.2. The molecule has 20 heavy (non-hydrogen) atoms. The zero-order valence-electron chi connectivity index (χ0n) is 12.6. The predicted octanol–water partition coefficient (Wildman–Crippen LogP) is 3.55. The van der Waals surface area contributed by atoms with Gasteiger partial charge in [-0.2, -0.15) is 0 Å². The van der Waals surface area contributed by atoms with E-state index in [4.69, 9.17) is 4.74 Å². The summed E-state index contributed by atoms with van der Waals surface area (Å²) in [5.74, 6) is -0.446. The summed E-state index contributed by atoms with van der Waals surface area (Å²) < 4.78 is 4.98. The molecular weight excluding hydrogens is 274 g/mol. The van der Waals surface area contributed by atoms with Crippen molar-refractivity contribution < 1.29 is 14.3 Å². The Hall–Kier alpha value is -1.36. The SMILES string of the molecule is CCOC(=O)c1ccsc1NC(=O)C1C(C)(C)C1(C)C. The molecule has 0 aliphatic heterocycles. The summed E-state index contributed by atoms with van der Waals surface area (Å²) in [6.45, 7) is 10.5. The molecule has 0 bridgehead atoms. The maximum absolute atomic E-state index is 12.4. The first-order valence-electron chi connectivity index (χ1n) is 6.79. The van der Waals surface area contributed by atoms with Gasteiger partial charge in [-0.1, -0.05) is 27.7 Å². The van der Waals surface area contributed by atoms with E-state index in [2.05, 4.69) is 33.0 Å². The van der Waals surface area contributed by atoms with Crippen LogP contribution in [0, 0.1) is 16.7 Å². The molecule has 1 aliphatic rings. The Morgan fingerprint density at radius 1 is 1.30 bits per heavy atom. The molecule has 1 amide bonds. The van der Waals surface area contributed by atoms with E-state index in [-0.39, 0.29) is 22.7 Å². The number of anilines is 1. The van der Waals surface area contributed by atoms with Crippen LogP contribution in [-0.2, 0) is 9.53 Å². The van der Waals surface area contributed by atoms with Crippen molar-refractivity contribution in [2.45, 2.75) is 34.6 Å². The third kappa shape index (κ3) is 2.24. The fourth-order valence-corrected chi connectivity index (χ4v) is 3.59. The highest BCUT2D eigenvalue weighted by atomic mass is 32.1. The Balaban J connectivity index is 2.11. The second-order valence-electron chi connectivity index (χ2n) is 6.25. The van der Waals surface area contributed by atoms with Crippen molar-refractivity contribution in [2.75, 3.05) is 11.9 Å². The highest BCUT2D eigenvalue weighted by Crippen LogP contribution is 2.68. The average Bonchev–Trinajstić information content (AvgIpc) is 2.67. The van der Waals surface area contributed by atoms with Crippen LogP contribution >= 0.6 is 11.3 Å². The van der Waals surface area contributed by atoms with Gasteiger partial charge in [0.05, 0.1) is 12.2 Å². The third-order valence-electron chi connectivity index (χ3n) is 4.68. The van der Waals surface area contributed by atoms with Gasteiger partial charge in [0.25, 0.3) is 0 Å². The minimum atomic E-state index is -0.390. The lowest BCUT2D eigenvalue weighted by Crippen LogP contribution is -2.18. The van der Waals surface area contributed by atoms with Gasteiger partial charge in [0.1, 0.15) is 5.00 Å². The van der Waals surface area contributed by atoms with E-state index in [1.54, 1.807) is 18.4 Å². The van der Waals surface area contributed by atoms with Crippen LogP contribution in [-0.4, -0.2) is 18.5 Å². The average molecular weight is 295 g/mol. The lowest BCUT2D eigenvalue weighted by Gasteiger charge is -2.07. The molecule has 0 radical (unpaired) electrons. The third-order valence-corrected chi connectivity index (χ3v) is 5.51. The van der Waals surface area contributed by atoms with Gasteiger partial charge in [-0.3, -0.25) is 4.79 Å². The largest absolute Gasteiger partial charge is 0.462 e. The van der Waals surface area contributed by atoms with Gasteiger partial charge in [-0.05, 0) is 29.2 Å². The second kappa shape index (κ2) is 4.88. The molecule has 1 aromatic rings. The van der Waals surface area contributed by atoms with Crippen molar-refractivity contribution in [3.63, 3.8) is 0 Å². The molecule has 4 nitrogen and oxygen atoms in total. The molecule has 1 N–H and O–H groups in total. The number of ether oxygens (including phenoxy) is 1. The summed E-state index contributed by atoms with van der Waals surface area (Å²) in [7, 11) is 0. The molecular formula is C15H21NO3S. The lowest BCUT2D eigenvalue weighted by molar-refractivity contribution is -0.118. The number of amides is 1. The topological polar surface area (TPSA) is 55.4 Å². The number of thiophene rings is 1. The van der Waals surface area contributed by atoms with Gasteiger partial charge in [0.15, 0.2) is 0 Å². The smallest absolute Gasteiger partial charge is 0.341 e. The van der Waals surface area contributed by atoms with Gasteiger partial charge >= 0.3 is 5.97 Å². The first-order valence-corrected chi connectivity index (χ1v) is 7.67. The van der Waals surface area contributed by atoms with Gasteiger partial charge in [-0.15, -0.1) is 11.3 Å². The van der Waals surface area contributed by atoms with Crippen LogP contribution in [0.5, 0.6) is 0 Å².